The third-order valence-electron chi connectivity index (χ3n) is 6.14. The van der Waals surface area contributed by atoms with Crippen molar-refractivity contribution < 1.29 is 9.59 Å². The molecule has 33 heavy (non-hydrogen) atoms. The summed E-state index contributed by atoms with van der Waals surface area (Å²) >= 11 is 2.85. The summed E-state index contributed by atoms with van der Waals surface area (Å²) in [5.41, 5.74) is 1.23. The van der Waals surface area contributed by atoms with E-state index in [1.807, 2.05) is 52.6 Å². The predicted octanol–water partition coefficient (Wildman–Crippen LogP) is 4.25. The molecule has 0 radical (unpaired) electrons. The lowest BCUT2D eigenvalue weighted by Crippen LogP contribution is -2.48. The molecule has 1 aliphatic heterocycles. The minimum Gasteiger partial charge on any atom is -0.342 e. The SMILES string of the molecule is CN(C(=O)c1cccs1)C(Cc1ccccc1)C1CCN(C(=O)CSc2ncccn2)CC1. The van der Waals surface area contributed by atoms with Crippen LogP contribution < -0.4 is 0 Å². The molecule has 0 N–H and O–H groups in total. The van der Waals surface area contributed by atoms with Crippen LogP contribution in [-0.2, 0) is 11.2 Å². The van der Waals surface area contributed by atoms with E-state index in [1.165, 1.54) is 28.7 Å². The third kappa shape index (κ3) is 6.21. The molecule has 3 aromatic rings. The highest BCUT2D eigenvalue weighted by Crippen LogP contribution is 2.28. The zero-order valence-corrected chi connectivity index (χ0v) is 20.3. The molecule has 172 valence electrons. The zero-order valence-electron chi connectivity index (χ0n) is 18.7. The molecule has 1 atom stereocenters. The van der Waals surface area contributed by atoms with Gasteiger partial charge in [-0.25, -0.2) is 9.97 Å². The van der Waals surface area contributed by atoms with Crippen molar-refractivity contribution >= 4 is 34.9 Å². The van der Waals surface area contributed by atoms with E-state index in [0.717, 1.165) is 24.1 Å². The quantitative estimate of drug-likeness (QED) is 0.356. The lowest BCUT2D eigenvalue weighted by atomic mass is 9.85. The molecule has 2 aromatic heterocycles. The number of benzene rings is 1. The second kappa shape index (κ2) is 11.4. The first kappa shape index (κ1) is 23.4. The largest absolute Gasteiger partial charge is 0.342 e. The highest BCUT2D eigenvalue weighted by atomic mass is 32.2. The number of piperidine rings is 1. The third-order valence-corrected chi connectivity index (χ3v) is 7.86. The van der Waals surface area contributed by atoms with Crippen molar-refractivity contribution in [1.29, 1.82) is 0 Å². The summed E-state index contributed by atoms with van der Waals surface area (Å²) in [6.45, 7) is 1.43. The molecule has 1 saturated heterocycles. The van der Waals surface area contributed by atoms with Crippen molar-refractivity contribution in [3.63, 3.8) is 0 Å². The van der Waals surface area contributed by atoms with Gasteiger partial charge in [-0.2, -0.15) is 0 Å². The van der Waals surface area contributed by atoms with E-state index < -0.39 is 0 Å². The van der Waals surface area contributed by atoms with Gasteiger partial charge < -0.3 is 9.80 Å². The number of carbonyl (C=O) groups is 2. The van der Waals surface area contributed by atoms with E-state index in [9.17, 15) is 9.59 Å². The van der Waals surface area contributed by atoms with Gasteiger partial charge in [0.1, 0.15) is 0 Å². The minimum absolute atomic E-state index is 0.0729. The second-order valence-electron chi connectivity index (χ2n) is 8.19. The van der Waals surface area contributed by atoms with Gasteiger partial charge in [0, 0.05) is 38.6 Å². The molecule has 1 aromatic carbocycles. The van der Waals surface area contributed by atoms with Gasteiger partial charge in [0.05, 0.1) is 10.6 Å². The van der Waals surface area contributed by atoms with Crippen LogP contribution in [0.3, 0.4) is 0 Å². The first-order chi connectivity index (χ1) is 16.1. The van der Waals surface area contributed by atoms with Crippen molar-refractivity contribution in [1.82, 2.24) is 19.8 Å². The Morgan fingerprint density at radius 1 is 1.09 bits per heavy atom. The number of likely N-dealkylation sites (N-methyl/N-ethyl adjacent to an activating group) is 1. The lowest BCUT2D eigenvalue weighted by molar-refractivity contribution is -0.130. The molecule has 2 amide bonds. The van der Waals surface area contributed by atoms with Gasteiger partial charge in [-0.1, -0.05) is 48.2 Å². The number of rotatable bonds is 8. The Morgan fingerprint density at radius 3 is 2.48 bits per heavy atom. The fraction of sp³-hybridized carbons (Fsp3) is 0.360. The molecule has 8 heteroatoms. The van der Waals surface area contributed by atoms with E-state index in [4.69, 9.17) is 0 Å². The number of nitrogens with zero attached hydrogens (tertiary/aromatic N) is 4. The molecule has 3 heterocycles. The lowest BCUT2D eigenvalue weighted by Gasteiger charge is -2.40. The number of carbonyl (C=O) groups excluding carboxylic acids is 2. The zero-order chi connectivity index (χ0) is 23.0. The van der Waals surface area contributed by atoms with Crippen LogP contribution in [0.4, 0.5) is 0 Å². The summed E-state index contributed by atoms with van der Waals surface area (Å²) < 4.78 is 0. The number of amides is 2. The Morgan fingerprint density at radius 2 is 1.82 bits per heavy atom. The van der Waals surface area contributed by atoms with Gasteiger partial charge in [-0.15, -0.1) is 11.3 Å². The van der Waals surface area contributed by atoms with Crippen LogP contribution in [0.2, 0.25) is 0 Å². The van der Waals surface area contributed by atoms with Gasteiger partial charge in [-0.05, 0) is 48.3 Å². The van der Waals surface area contributed by atoms with E-state index >= 15 is 0 Å². The van der Waals surface area contributed by atoms with E-state index in [2.05, 4.69) is 22.1 Å². The number of aromatic nitrogens is 2. The van der Waals surface area contributed by atoms with Crippen molar-refractivity contribution in [3.8, 4) is 0 Å². The Balaban J connectivity index is 1.39. The molecule has 1 fully saturated rings. The normalized spacial score (nSPS) is 15.2. The Kier molecular flexibility index (Phi) is 8.12. The van der Waals surface area contributed by atoms with Crippen LogP contribution in [0.25, 0.3) is 0 Å². The molecule has 0 bridgehead atoms. The fourth-order valence-corrected chi connectivity index (χ4v) is 5.72. The van der Waals surface area contributed by atoms with E-state index in [1.54, 1.807) is 18.5 Å². The van der Waals surface area contributed by atoms with Gasteiger partial charge >= 0.3 is 0 Å². The van der Waals surface area contributed by atoms with Crippen LogP contribution in [-0.4, -0.2) is 63.5 Å². The Labute approximate surface area is 203 Å². The molecule has 0 saturated carbocycles. The summed E-state index contributed by atoms with van der Waals surface area (Å²) in [5.74, 6) is 0.879. The monoisotopic (exact) mass is 480 g/mol. The van der Waals surface area contributed by atoms with Crippen molar-refractivity contribution in [2.45, 2.75) is 30.5 Å². The maximum absolute atomic E-state index is 13.1. The minimum atomic E-state index is 0.0729. The summed E-state index contributed by atoms with van der Waals surface area (Å²) in [6, 6.07) is 16.0. The fourth-order valence-electron chi connectivity index (χ4n) is 4.31. The average Bonchev–Trinajstić information content (AvgIpc) is 3.41. The molecule has 1 unspecified atom stereocenters. The maximum atomic E-state index is 13.1. The smallest absolute Gasteiger partial charge is 0.263 e. The molecule has 0 spiro atoms. The standard InChI is InChI=1S/C25H28N4O2S2/c1-28(24(31)22-9-5-16-32-22)21(17-19-7-3-2-4-8-19)20-10-14-29(15-11-20)23(30)18-33-25-26-12-6-13-27-25/h2-9,12-13,16,20-21H,10-11,14-15,17-18H2,1H3. The summed E-state index contributed by atoms with van der Waals surface area (Å²) in [4.78, 5) is 38.8. The topological polar surface area (TPSA) is 66.4 Å². The second-order valence-corrected chi connectivity index (χ2v) is 10.1. The number of thioether (sulfide) groups is 1. The van der Waals surface area contributed by atoms with Gasteiger partial charge in [0.2, 0.25) is 5.91 Å². The molecule has 6 nitrogen and oxygen atoms in total. The van der Waals surface area contributed by atoms with Crippen molar-refractivity contribution in [2.24, 2.45) is 5.92 Å². The van der Waals surface area contributed by atoms with Crippen LogP contribution in [0.15, 0.2) is 71.5 Å². The summed E-state index contributed by atoms with van der Waals surface area (Å²) in [5, 5.41) is 2.56. The molecule has 1 aliphatic rings. The van der Waals surface area contributed by atoms with Gasteiger partial charge in [0.15, 0.2) is 5.16 Å². The first-order valence-electron chi connectivity index (χ1n) is 11.1. The Hall–Kier alpha value is -2.71. The average molecular weight is 481 g/mol. The van der Waals surface area contributed by atoms with E-state index in [0.29, 0.717) is 29.9 Å². The summed E-state index contributed by atoms with van der Waals surface area (Å²) in [6.07, 6.45) is 5.96. The van der Waals surface area contributed by atoms with Crippen molar-refractivity contribution in [2.75, 3.05) is 25.9 Å². The number of likely N-dealkylation sites (tertiary alicyclic amines) is 1. The molecule has 0 aliphatic carbocycles. The van der Waals surface area contributed by atoms with Crippen LogP contribution in [0.1, 0.15) is 28.1 Å². The van der Waals surface area contributed by atoms with Crippen LogP contribution in [0, 0.1) is 5.92 Å². The number of hydrogen-bond acceptors (Lipinski definition) is 6. The molecular formula is C25H28N4O2S2. The van der Waals surface area contributed by atoms with Gasteiger partial charge in [0.25, 0.3) is 5.91 Å². The van der Waals surface area contributed by atoms with E-state index in [-0.39, 0.29) is 17.9 Å². The molecular weight excluding hydrogens is 452 g/mol. The van der Waals surface area contributed by atoms with Crippen LogP contribution in [0.5, 0.6) is 0 Å². The van der Waals surface area contributed by atoms with Crippen molar-refractivity contribution in [3.05, 3.63) is 76.7 Å². The van der Waals surface area contributed by atoms with Gasteiger partial charge in [-0.3, -0.25) is 9.59 Å². The predicted molar refractivity (Wildman–Crippen MR) is 132 cm³/mol. The number of thiophene rings is 1. The maximum Gasteiger partial charge on any atom is 0.263 e. The first-order valence-corrected chi connectivity index (χ1v) is 13.0. The summed E-state index contributed by atoms with van der Waals surface area (Å²) in [7, 11) is 1.92. The highest BCUT2D eigenvalue weighted by molar-refractivity contribution is 7.99. The number of hydrogen-bond donors (Lipinski definition) is 0. The highest BCUT2D eigenvalue weighted by Gasteiger charge is 2.33. The van der Waals surface area contributed by atoms with Crippen LogP contribution >= 0.6 is 23.1 Å². The Bertz CT molecular complexity index is 1020. The molecule has 4 rings (SSSR count).